The third-order valence-electron chi connectivity index (χ3n) is 6.84. The standard InChI is InChI=1S/C32H50O2S/c1-19(21-15-23(29(3,4)5)27(33)24(16-21)30(6,7)8)35-20(2)22-17-25(31(9,10)11)28(34)26(18-22)32(12,13)14/h15-20,33-34H,1-14H3. The van der Waals surface area contributed by atoms with Crippen LogP contribution >= 0.6 is 11.8 Å². The summed E-state index contributed by atoms with van der Waals surface area (Å²) >= 11 is 1.93. The molecular weight excluding hydrogens is 448 g/mol. The molecule has 0 aliphatic carbocycles. The first-order valence-corrected chi connectivity index (χ1v) is 13.9. The zero-order valence-electron chi connectivity index (χ0n) is 24.8. The lowest BCUT2D eigenvalue weighted by atomic mass is 9.78. The van der Waals surface area contributed by atoms with Crippen molar-refractivity contribution in [3.05, 3.63) is 57.6 Å². The molecule has 0 radical (unpaired) electrons. The summed E-state index contributed by atoms with van der Waals surface area (Å²) in [6.07, 6.45) is 0. The first kappa shape index (κ1) is 29.6. The van der Waals surface area contributed by atoms with Gasteiger partial charge in [-0.2, -0.15) is 0 Å². The third kappa shape index (κ3) is 6.79. The van der Waals surface area contributed by atoms with E-state index in [4.69, 9.17) is 0 Å². The smallest absolute Gasteiger partial charge is 0.123 e. The van der Waals surface area contributed by atoms with Gasteiger partial charge >= 0.3 is 0 Å². The molecule has 0 aliphatic heterocycles. The van der Waals surface area contributed by atoms with Crippen LogP contribution in [0.5, 0.6) is 11.5 Å². The summed E-state index contributed by atoms with van der Waals surface area (Å²) < 4.78 is 0. The summed E-state index contributed by atoms with van der Waals surface area (Å²) in [7, 11) is 0. The van der Waals surface area contributed by atoms with Crippen molar-refractivity contribution in [3.8, 4) is 11.5 Å². The second-order valence-corrected chi connectivity index (χ2v) is 16.0. The van der Waals surface area contributed by atoms with E-state index in [1.165, 1.54) is 11.1 Å². The molecule has 0 saturated heterocycles. The minimum absolute atomic E-state index is 0.143. The van der Waals surface area contributed by atoms with Crippen LogP contribution in [0.1, 0.15) is 141 Å². The molecule has 2 atom stereocenters. The van der Waals surface area contributed by atoms with Gasteiger partial charge in [-0.05, 0) is 68.9 Å². The average Bonchev–Trinajstić information content (AvgIpc) is 2.64. The van der Waals surface area contributed by atoms with Crippen LogP contribution < -0.4 is 0 Å². The Morgan fingerprint density at radius 1 is 0.486 bits per heavy atom. The molecule has 0 fully saturated rings. The van der Waals surface area contributed by atoms with Crippen LogP contribution in [-0.2, 0) is 21.7 Å². The molecule has 196 valence electrons. The molecule has 0 spiro atoms. The van der Waals surface area contributed by atoms with E-state index in [1.54, 1.807) is 0 Å². The zero-order chi connectivity index (χ0) is 27.3. The summed E-state index contributed by atoms with van der Waals surface area (Å²) in [6.45, 7) is 30.5. The molecule has 0 bridgehead atoms. The Morgan fingerprint density at radius 3 is 0.857 bits per heavy atom. The molecule has 35 heavy (non-hydrogen) atoms. The van der Waals surface area contributed by atoms with Gasteiger partial charge in [-0.1, -0.05) is 107 Å². The zero-order valence-corrected chi connectivity index (χ0v) is 25.6. The van der Waals surface area contributed by atoms with E-state index in [1.807, 2.05) is 11.8 Å². The first-order chi connectivity index (χ1) is 15.5. The van der Waals surface area contributed by atoms with Gasteiger partial charge in [0.05, 0.1) is 0 Å². The summed E-state index contributed by atoms with van der Waals surface area (Å²) in [5.41, 5.74) is 5.97. The van der Waals surface area contributed by atoms with Gasteiger partial charge in [-0.3, -0.25) is 0 Å². The number of thioether (sulfide) groups is 1. The molecule has 0 aliphatic rings. The molecule has 0 aromatic heterocycles. The van der Waals surface area contributed by atoms with Crippen LogP contribution in [0.25, 0.3) is 0 Å². The minimum Gasteiger partial charge on any atom is -0.507 e. The van der Waals surface area contributed by atoms with Crippen molar-refractivity contribution in [1.82, 2.24) is 0 Å². The summed E-state index contributed by atoms with van der Waals surface area (Å²) in [5, 5.41) is 22.8. The van der Waals surface area contributed by atoms with Crippen molar-refractivity contribution >= 4 is 11.8 Å². The Bertz CT molecular complexity index is 897. The molecule has 2 nitrogen and oxygen atoms in total. The molecule has 2 rings (SSSR count). The van der Waals surface area contributed by atoms with Gasteiger partial charge in [-0.15, -0.1) is 11.8 Å². The maximum absolute atomic E-state index is 11.1. The summed E-state index contributed by atoms with van der Waals surface area (Å²) in [4.78, 5) is 0. The Balaban J connectivity index is 2.56. The van der Waals surface area contributed by atoms with Crippen molar-refractivity contribution in [2.24, 2.45) is 0 Å². The maximum atomic E-state index is 11.1. The fourth-order valence-corrected chi connectivity index (χ4v) is 5.73. The van der Waals surface area contributed by atoms with Gasteiger partial charge in [0.1, 0.15) is 11.5 Å². The van der Waals surface area contributed by atoms with Crippen LogP contribution in [0.2, 0.25) is 0 Å². The topological polar surface area (TPSA) is 40.5 Å². The van der Waals surface area contributed by atoms with Gasteiger partial charge in [0.25, 0.3) is 0 Å². The van der Waals surface area contributed by atoms with E-state index < -0.39 is 0 Å². The number of aromatic hydroxyl groups is 2. The highest BCUT2D eigenvalue weighted by atomic mass is 32.2. The Hall–Kier alpha value is -1.61. The lowest BCUT2D eigenvalue weighted by Crippen LogP contribution is -2.18. The largest absolute Gasteiger partial charge is 0.507 e. The van der Waals surface area contributed by atoms with Crippen molar-refractivity contribution in [2.75, 3.05) is 0 Å². The second kappa shape index (κ2) is 9.69. The highest BCUT2D eigenvalue weighted by molar-refractivity contribution is 7.99. The van der Waals surface area contributed by atoms with E-state index in [0.29, 0.717) is 11.5 Å². The molecule has 0 amide bonds. The summed E-state index contributed by atoms with van der Waals surface area (Å²) in [5.74, 6) is 0.865. The molecule has 2 aromatic carbocycles. The Labute approximate surface area is 219 Å². The van der Waals surface area contributed by atoms with E-state index >= 15 is 0 Å². The van der Waals surface area contributed by atoms with E-state index in [2.05, 4.69) is 121 Å². The number of hydrogen-bond donors (Lipinski definition) is 2. The number of phenolic OH excluding ortho intramolecular Hbond substituents is 2. The molecular formula is C32H50O2S. The Kier molecular flexibility index (Phi) is 8.20. The fourth-order valence-electron chi connectivity index (χ4n) is 4.53. The highest BCUT2D eigenvalue weighted by Crippen LogP contribution is 2.48. The van der Waals surface area contributed by atoms with Gasteiger partial charge in [-0.25, -0.2) is 0 Å². The predicted octanol–water partition coefficient (Wildman–Crippen LogP) is 9.84. The molecule has 3 heteroatoms. The second-order valence-electron chi connectivity index (χ2n) is 14.3. The van der Waals surface area contributed by atoms with Crippen LogP contribution in [0, 0.1) is 0 Å². The lowest BCUT2D eigenvalue weighted by Gasteiger charge is -2.31. The average molecular weight is 499 g/mol. The van der Waals surface area contributed by atoms with Gasteiger partial charge in [0.2, 0.25) is 0 Å². The van der Waals surface area contributed by atoms with E-state index in [9.17, 15) is 10.2 Å². The third-order valence-corrected chi connectivity index (χ3v) is 8.20. The van der Waals surface area contributed by atoms with Crippen LogP contribution in [0.3, 0.4) is 0 Å². The van der Waals surface area contributed by atoms with Gasteiger partial charge in [0, 0.05) is 10.5 Å². The number of phenols is 2. The minimum atomic E-state index is -0.143. The van der Waals surface area contributed by atoms with Crippen molar-refractivity contribution in [3.63, 3.8) is 0 Å². The van der Waals surface area contributed by atoms with E-state index in [0.717, 1.165) is 22.3 Å². The first-order valence-electron chi connectivity index (χ1n) is 13.0. The van der Waals surface area contributed by atoms with Gasteiger partial charge < -0.3 is 10.2 Å². The van der Waals surface area contributed by atoms with Crippen molar-refractivity contribution in [1.29, 1.82) is 0 Å². The molecule has 2 N–H and O–H groups in total. The highest BCUT2D eigenvalue weighted by Gasteiger charge is 2.30. The fraction of sp³-hybridized carbons (Fsp3) is 0.625. The van der Waals surface area contributed by atoms with Crippen molar-refractivity contribution in [2.45, 2.75) is 129 Å². The van der Waals surface area contributed by atoms with Crippen LogP contribution in [0.4, 0.5) is 0 Å². The van der Waals surface area contributed by atoms with Crippen molar-refractivity contribution < 1.29 is 10.2 Å². The number of hydrogen-bond acceptors (Lipinski definition) is 3. The molecule has 2 unspecified atom stereocenters. The monoisotopic (exact) mass is 498 g/mol. The van der Waals surface area contributed by atoms with E-state index in [-0.39, 0.29) is 32.2 Å². The molecule has 0 heterocycles. The number of rotatable bonds is 4. The quantitative estimate of drug-likeness (QED) is 0.440. The summed E-state index contributed by atoms with van der Waals surface area (Å²) in [6, 6.07) is 8.81. The Morgan fingerprint density at radius 2 is 0.686 bits per heavy atom. The molecule has 0 saturated carbocycles. The lowest BCUT2D eigenvalue weighted by molar-refractivity contribution is 0.422. The number of benzene rings is 2. The van der Waals surface area contributed by atoms with Gasteiger partial charge in [0.15, 0.2) is 0 Å². The van der Waals surface area contributed by atoms with Crippen LogP contribution in [-0.4, -0.2) is 10.2 Å². The van der Waals surface area contributed by atoms with Crippen LogP contribution in [0.15, 0.2) is 24.3 Å². The SMILES string of the molecule is CC(SC(C)c1cc(C(C)(C)C)c(O)c(C(C)(C)C)c1)c1cc(C(C)(C)C)c(O)c(C(C)(C)C)c1. The molecule has 2 aromatic rings. The normalized spacial score (nSPS) is 15.3. The maximum Gasteiger partial charge on any atom is 0.123 e. The predicted molar refractivity (Wildman–Crippen MR) is 155 cm³/mol.